The zero-order valence-corrected chi connectivity index (χ0v) is 23.3. The summed E-state index contributed by atoms with van der Waals surface area (Å²) in [6.45, 7) is 7.27. The normalized spacial score (nSPS) is 18.2. The highest BCUT2D eigenvalue weighted by Crippen LogP contribution is 2.43. The fourth-order valence-corrected chi connectivity index (χ4v) is 5.61. The van der Waals surface area contributed by atoms with Crippen molar-refractivity contribution in [2.75, 3.05) is 57.8 Å². The number of hydrogen-bond acceptors (Lipinski definition) is 9. The lowest BCUT2D eigenvalue weighted by Crippen LogP contribution is -2.58. The summed E-state index contributed by atoms with van der Waals surface area (Å²) >= 11 is 0. The van der Waals surface area contributed by atoms with Crippen LogP contribution in [0.5, 0.6) is 5.75 Å². The van der Waals surface area contributed by atoms with Crippen LogP contribution in [-0.4, -0.2) is 91.2 Å². The van der Waals surface area contributed by atoms with Crippen molar-refractivity contribution in [3.05, 3.63) is 41.0 Å². The summed E-state index contributed by atoms with van der Waals surface area (Å²) in [6, 6.07) is 4.15. The predicted molar refractivity (Wildman–Crippen MR) is 147 cm³/mol. The van der Waals surface area contributed by atoms with Crippen LogP contribution in [0.1, 0.15) is 31.5 Å². The Kier molecular flexibility index (Phi) is 9.01. The van der Waals surface area contributed by atoms with Gasteiger partial charge in [0.15, 0.2) is 11.6 Å². The number of carbonyl (C=O) groups excluding carboxylic acids is 1. The molecule has 2 aliphatic rings. The Hall–Kier alpha value is -3.22. The van der Waals surface area contributed by atoms with E-state index in [4.69, 9.17) is 15.5 Å². The number of hydrogen-bond donors (Lipinski definition) is 3. The monoisotopic (exact) mass is 562 g/mol. The van der Waals surface area contributed by atoms with Gasteiger partial charge in [0.1, 0.15) is 30.1 Å². The molecule has 0 saturated carbocycles. The summed E-state index contributed by atoms with van der Waals surface area (Å²) in [5, 5.41) is 12.8. The number of anilines is 1. The van der Waals surface area contributed by atoms with Gasteiger partial charge in [-0.1, -0.05) is 0 Å². The zero-order chi connectivity index (χ0) is 29.2. The summed E-state index contributed by atoms with van der Waals surface area (Å²) in [7, 11) is 1.71. The van der Waals surface area contributed by atoms with Crippen LogP contribution in [0.3, 0.4) is 0 Å². The highest BCUT2D eigenvalue weighted by Gasteiger charge is 2.49. The zero-order valence-electron chi connectivity index (χ0n) is 23.3. The predicted octanol–water partition coefficient (Wildman–Crippen LogP) is 2.61. The topological polar surface area (TPSA) is 117 Å². The number of nitrogens with one attached hydrogen (secondary N) is 1. The number of benzene rings is 1. The number of nitrogens with zero attached hydrogens (tertiary/aromatic N) is 4. The summed E-state index contributed by atoms with van der Waals surface area (Å²) in [4.78, 5) is 25.7. The fraction of sp³-hybridized carbons (Fsp3) is 0.536. The van der Waals surface area contributed by atoms with Gasteiger partial charge in [-0.3, -0.25) is 9.69 Å². The van der Waals surface area contributed by atoms with Crippen molar-refractivity contribution < 1.29 is 27.8 Å². The van der Waals surface area contributed by atoms with Crippen LogP contribution in [0.4, 0.5) is 19.0 Å². The van der Waals surface area contributed by atoms with Gasteiger partial charge in [-0.05, 0) is 59.0 Å². The molecule has 0 aliphatic carbocycles. The number of Topliss-reactive ketones (excluding diaryl/α,β-unsaturated/α-hetero) is 1. The number of allylic oxidation sites excluding steroid dienone is 2. The van der Waals surface area contributed by atoms with E-state index in [1.54, 1.807) is 25.8 Å². The smallest absolute Gasteiger partial charge is 0.251 e. The van der Waals surface area contributed by atoms with E-state index < -0.39 is 18.3 Å². The second kappa shape index (κ2) is 12.1. The van der Waals surface area contributed by atoms with Crippen molar-refractivity contribution >= 4 is 17.2 Å². The number of rotatable bonds is 11. The number of aliphatic hydroxyl groups is 1. The summed E-state index contributed by atoms with van der Waals surface area (Å²) < 4.78 is 46.7. The molecule has 1 aromatic heterocycles. The molecular formula is C28H37F3N6O3. The van der Waals surface area contributed by atoms with Crippen molar-refractivity contribution in [2.45, 2.75) is 39.7 Å². The van der Waals surface area contributed by atoms with Gasteiger partial charge in [-0.2, -0.15) is 0 Å². The van der Waals surface area contributed by atoms with Crippen molar-refractivity contribution in [1.29, 1.82) is 0 Å². The maximum Gasteiger partial charge on any atom is 0.251 e. The number of halogens is 3. The first kappa shape index (κ1) is 29.8. The van der Waals surface area contributed by atoms with Gasteiger partial charge in [-0.25, -0.2) is 23.1 Å². The van der Waals surface area contributed by atoms with Crippen molar-refractivity contribution in [3.8, 4) is 17.1 Å². The van der Waals surface area contributed by atoms with Crippen molar-refractivity contribution in [1.82, 2.24) is 20.2 Å². The largest absolute Gasteiger partial charge is 0.491 e. The molecule has 12 heteroatoms. The summed E-state index contributed by atoms with van der Waals surface area (Å²) in [5.41, 5.74) is 7.48. The van der Waals surface area contributed by atoms with E-state index in [2.05, 4.69) is 10.3 Å². The highest BCUT2D eigenvalue weighted by atomic mass is 19.3. The third-order valence-corrected chi connectivity index (χ3v) is 7.43. The van der Waals surface area contributed by atoms with Crippen LogP contribution in [0, 0.1) is 18.2 Å². The van der Waals surface area contributed by atoms with E-state index in [1.807, 2.05) is 4.90 Å². The Labute approximate surface area is 232 Å². The maximum atomic E-state index is 15.2. The Morgan fingerprint density at radius 1 is 1.25 bits per heavy atom. The first-order valence-electron chi connectivity index (χ1n) is 13.3. The average molecular weight is 563 g/mol. The summed E-state index contributed by atoms with van der Waals surface area (Å²) in [6.07, 6.45) is -2.33. The maximum absolute atomic E-state index is 15.2. The van der Waals surface area contributed by atoms with Crippen LogP contribution in [0.2, 0.25) is 0 Å². The van der Waals surface area contributed by atoms with Crippen LogP contribution < -0.4 is 20.7 Å². The first-order chi connectivity index (χ1) is 18.9. The molecule has 4 N–H and O–H groups in total. The van der Waals surface area contributed by atoms with E-state index in [0.29, 0.717) is 55.5 Å². The molecule has 0 unspecified atom stereocenters. The van der Waals surface area contributed by atoms with E-state index >= 15 is 4.39 Å². The summed E-state index contributed by atoms with van der Waals surface area (Å²) in [5.74, 6) is 0.0479. The third kappa shape index (κ3) is 6.39. The van der Waals surface area contributed by atoms with E-state index in [0.717, 1.165) is 6.42 Å². The van der Waals surface area contributed by atoms with Crippen LogP contribution in [-0.2, 0) is 4.79 Å². The van der Waals surface area contributed by atoms with Gasteiger partial charge in [0.05, 0.1) is 23.4 Å². The Balaban J connectivity index is 1.70. The Morgan fingerprint density at radius 2 is 1.98 bits per heavy atom. The molecule has 40 heavy (non-hydrogen) atoms. The van der Waals surface area contributed by atoms with E-state index in [9.17, 15) is 18.7 Å². The van der Waals surface area contributed by atoms with Gasteiger partial charge in [-0.15, -0.1) is 0 Å². The number of aliphatic hydroxyl groups excluding tert-OH is 1. The molecule has 9 nitrogen and oxygen atoms in total. The lowest BCUT2D eigenvalue weighted by atomic mass is 9.79. The molecule has 2 fully saturated rings. The average Bonchev–Trinajstić information content (AvgIpc) is 3.27. The minimum atomic E-state index is -2.38. The first-order valence-corrected chi connectivity index (χ1v) is 13.3. The molecule has 1 aromatic carbocycles. The van der Waals surface area contributed by atoms with Gasteiger partial charge >= 0.3 is 0 Å². The Bertz CT molecular complexity index is 1280. The minimum absolute atomic E-state index is 0.000798. The number of aromatic nitrogens is 2. The second-order valence-electron chi connectivity index (χ2n) is 10.9. The van der Waals surface area contributed by atoms with Gasteiger partial charge < -0.3 is 25.8 Å². The lowest BCUT2D eigenvalue weighted by Gasteiger charge is -2.49. The number of likely N-dealkylation sites (N-methyl/N-ethyl adjacent to an activating group) is 1. The quantitative estimate of drug-likeness (QED) is 0.356. The number of ketones is 1. The van der Waals surface area contributed by atoms with Gasteiger partial charge in [0.25, 0.3) is 6.43 Å². The van der Waals surface area contributed by atoms with Gasteiger partial charge in [0.2, 0.25) is 0 Å². The van der Waals surface area contributed by atoms with Crippen LogP contribution in [0.25, 0.3) is 17.0 Å². The second-order valence-corrected chi connectivity index (χ2v) is 10.9. The van der Waals surface area contributed by atoms with Crippen molar-refractivity contribution in [2.24, 2.45) is 11.1 Å². The highest BCUT2D eigenvalue weighted by molar-refractivity contribution is 6.20. The van der Waals surface area contributed by atoms with E-state index in [-0.39, 0.29) is 47.0 Å². The number of alkyl halides is 2. The Morgan fingerprint density at radius 3 is 2.60 bits per heavy atom. The number of carbonyl (C=O) groups is 1. The standard InChI is InChI=1S/C28H37F3N6O3/c1-16-25(24(17(2)32)18(3)38)34-26(21-9-20(5-6-22(21)29)40-12-19(39)10-33-4)35-27(16)37-14-28(15-37)7-8-36(13-28)11-23(30)31/h5-6,9,19,23,33,39H,7-8,10-15,32H2,1-4H3/t19-/m1/s1. The lowest BCUT2D eigenvalue weighted by molar-refractivity contribution is -0.111. The molecule has 2 aromatic rings. The molecule has 1 atom stereocenters. The van der Waals surface area contributed by atoms with E-state index in [1.165, 1.54) is 25.1 Å². The molecule has 218 valence electrons. The van der Waals surface area contributed by atoms with Crippen molar-refractivity contribution in [3.63, 3.8) is 0 Å². The van der Waals surface area contributed by atoms with Gasteiger partial charge in [0, 0.05) is 42.9 Å². The van der Waals surface area contributed by atoms with Crippen LogP contribution in [0.15, 0.2) is 23.9 Å². The molecule has 2 aliphatic heterocycles. The molecule has 0 amide bonds. The molecule has 2 saturated heterocycles. The molecular weight excluding hydrogens is 525 g/mol. The fourth-order valence-electron chi connectivity index (χ4n) is 5.61. The molecule has 0 bridgehead atoms. The molecule has 4 rings (SSSR count). The molecule has 1 spiro atoms. The van der Waals surface area contributed by atoms with Crippen LogP contribution >= 0.6 is 0 Å². The number of nitrogens with two attached hydrogens (primary N) is 1. The molecule has 0 radical (unpaired) electrons. The third-order valence-electron chi connectivity index (χ3n) is 7.43. The minimum Gasteiger partial charge on any atom is -0.491 e. The number of ether oxygens (including phenoxy) is 1. The number of likely N-dealkylation sites (tertiary alicyclic amines) is 1. The SMILES string of the molecule is CNC[C@@H](O)COc1ccc(F)c(-c2nc(C(C(C)=O)=C(C)N)c(C)c(N3CC4(CCN(CC(F)F)C4)C3)n2)c1. The molecule has 3 heterocycles.